The highest BCUT2D eigenvalue weighted by molar-refractivity contribution is 8.00. The van der Waals surface area contributed by atoms with Crippen LogP contribution in [-0.2, 0) is 4.79 Å². The molecular formula is C28H21FN4O3S2. The van der Waals surface area contributed by atoms with Gasteiger partial charge in [-0.05, 0) is 55.0 Å². The van der Waals surface area contributed by atoms with E-state index in [4.69, 9.17) is 0 Å². The number of rotatable bonds is 8. The first-order valence-corrected chi connectivity index (χ1v) is 13.1. The van der Waals surface area contributed by atoms with Crippen molar-refractivity contribution in [2.75, 3.05) is 21.7 Å². The van der Waals surface area contributed by atoms with E-state index in [9.17, 15) is 24.0 Å². The molecule has 3 N–H and O–H groups in total. The number of para-hydroxylation sites is 1. The molecule has 0 aliphatic carbocycles. The molecule has 4 rings (SSSR count). The van der Waals surface area contributed by atoms with E-state index in [0.717, 1.165) is 11.3 Å². The van der Waals surface area contributed by atoms with Gasteiger partial charge in [0, 0.05) is 16.3 Å². The predicted molar refractivity (Wildman–Crippen MR) is 148 cm³/mol. The van der Waals surface area contributed by atoms with Crippen molar-refractivity contribution in [1.29, 1.82) is 5.26 Å². The summed E-state index contributed by atoms with van der Waals surface area (Å²) < 4.78 is 13.9. The van der Waals surface area contributed by atoms with E-state index in [1.165, 1.54) is 30.0 Å². The third-order valence-electron chi connectivity index (χ3n) is 5.33. The summed E-state index contributed by atoms with van der Waals surface area (Å²) in [6.07, 6.45) is 0. The van der Waals surface area contributed by atoms with Crippen molar-refractivity contribution in [3.05, 3.63) is 106 Å². The van der Waals surface area contributed by atoms with Gasteiger partial charge in [0.05, 0.1) is 21.8 Å². The number of benzene rings is 3. The molecule has 190 valence electrons. The lowest BCUT2D eigenvalue weighted by Crippen LogP contribution is -2.14. The van der Waals surface area contributed by atoms with Crippen LogP contribution < -0.4 is 16.0 Å². The Labute approximate surface area is 226 Å². The Balaban J connectivity index is 1.38. The van der Waals surface area contributed by atoms with E-state index < -0.39 is 11.7 Å². The Hall–Kier alpha value is -4.46. The van der Waals surface area contributed by atoms with Gasteiger partial charge < -0.3 is 16.0 Å². The first-order chi connectivity index (χ1) is 18.4. The van der Waals surface area contributed by atoms with Gasteiger partial charge >= 0.3 is 0 Å². The zero-order valence-electron chi connectivity index (χ0n) is 20.1. The van der Waals surface area contributed by atoms with Crippen molar-refractivity contribution < 1.29 is 18.8 Å². The van der Waals surface area contributed by atoms with Crippen molar-refractivity contribution >= 4 is 57.2 Å². The summed E-state index contributed by atoms with van der Waals surface area (Å²) in [5.41, 5.74) is 1.74. The molecule has 4 aromatic rings. The molecule has 10 heteroatoms. The van der Waals surface area contributed by atoms with Gasteiger partial charge in [-0.15, -0.1) is 23.1 Å². The van der Waals surface area contributed by atoms with Crippen LogP contribution in [0.15, 0.2) is 83.8 Å². The van der Waals surface area contributed by atoms with Crippen molar-refractivity contribution in [3.63, 3.8) is 0 Å². The fourth-order valence-corrected chi connectivity index (χ4v) is 5.30. The van der Waals surface area contributed by atoms with Gasteiger partial charge in [0.2, 0.25) is 5.91 Å². The SMILES string of the molecule is Cc1c(C(=O)Nc2ccccc2)sc(NC(=O)CSc2cccc(NC(=O)c3ccccc3F)c2)c1C#N. The largest absolute Gasteiger partial charge is 0.322 e. The van der Waals surface area contributed by atoms with Gasteiger partial charge in [0.1, 0.15) is 16.9 Å². The summed E-state index contributed by atoms with van der Waals surface area (Å²) in [5, 5.41) is 18.1. The molecule has 1 aromatic heterocycles. The Morgan fingerprint density at radius 1 is 0.895 bits per heavy atom. The minimum absolute atomic E-state index is 0.0259. The van der Waals surface area contributed by atoms with Crippen molar-refractivity contribution in [1.82, 2.24) is 0 Å². The second-order valence-electron chi connectivity index (χ2n) is 7.99. The second-order valence-corrected chi connectivity index (χ2v) is 10.1. The Kier molecular flexibility index (Phi) is 8.53. The lowest BCUT2D eigenvalue weighted by molar-refractivity contribution is -0.113. The van der Waals surface area contributed by atoms with E-state index in [2.05, 4.69) is 22.0 Å². The smallest absolute Gasteiger partial charge is 0.266 e. The van der Waals surface area contributed by atoms with Crippen LogP contribution in [0.5, 0.6) is 0 Å². The highest BCUT2D eigenvalue weighted by Crippen LogP contribution is 2.33. The van der Waals surface area contributed by atoms with E-state index in [1.54, 1.807) is 61.5 Å². The maximum Gasteiger partial charge on any atom is 0.266 e. The summed E-state index contributed by atoms with van der Waals surface area (Å²) in [4.78, 5) is 38.9. The van der Waals surface area contributed by atoms with E-state index in [0.29, 0.717) is 31.7 Å². The first kappa shape index (κ1) is 26.6. The number of amides is 3. The first-order valence-electron chi connectivity index (χ1n) is 11.3. The molecule has 3 amide bonds. The van der Waals surface area contributed by atoms with Crippen LogP contribution in [0.4, 0.5) is 20.8 Å². The topological polar surface area (TPSA) is 111 Å². The molecule has 7 nitrogen and oxygen atoms in total. The lowest BCUT2D eigenvalue weighted by Gasteiger charge is -2.08. The van der Waals surface area contributed by atoms with Crippen LogP contribution in [-0.4, -0.2) is 23.5 Å². The maximum atomic E-state index is 13.9. The van der Waals surface area contributed by atoms with Crippen LogP contribution >= 0.6 is 23.1 Å². The molecule has 0 fully saturated rings. The van der Waals surface area contributed by atoms with Crippen LogP contribution in [0.1, 0.15) is 31.2 Å². The molecule has 1 heterocycles. The fraction of sp³-hybridized carbons (Fsp3) is 0.0714. The number of carbonyl (C=O) groups is 3. The molecule has 0 aliphatic rings. The molecule has 0 spiro atoms. The molecule has 0 radical (unpaired) electrons. The quantitative estimate of drug-likeness (QED) is 0.225. The standard InChI is InChI=1S/C28H21FN4O3S2/c1-17-22(15-30)28(38-25(17)27(36)31-18-8-3-2-4-9-18)33-24(34)16-37-20-11-7-10-19(14-20)32-26(35)21-12-5-6-13-23(21)29/h2-14H,16H2,1H3,(H,31,36)(H,32,35)(H,33,34). The van der Waals surface area contributed by atoms with Crippen LogP contribution in [0.25, 0.3) is 0 Å². The van der Waals surface area contributed by atoms with Crippen LogP contribution in [0.2, 0.25) is 0 Å². The zero-order valence-corrected chi connectivity index (χ0v) is 21.7. The number of thiophene rings is 1. The zero-order chi connectivity index (χ0) is 27.1. The van der Waals surface area contributed by atoms with E-state index in [1.807, 2.05) is 6.07 Å². The molecule has 38 heavy (non-hydrogen) atoms. The number of anilines is 3. The number of nitrogens with zero attached hydrogens (tertiary/aromatic N) is 1. The minimum Gasteiger partial charge on any atom is -0.322 e. The molecule has 0 unspecified atom stereocenters. The molecule has 0 saturated heterocycles. The van der Waals surface area contributed by atoms with Crippen LogP contribution in [0.3, 0.4) is 0 Å². The third-order valence-corrected chi connectivity index (χ3v) is 7.53. The second kappa shape index (κ2) is 12.2. The molecule has 0 aliphatic heterocycles. The molecular weight excluding hydrogens is 523 g/mol. The summed E-state index contributed by atoms with van der Waals surface area (Å²) in [6.45, 7) is 1.67. The summed E-state index contributed by atoms with van der Waals surface area (Å²) in [5.74, 6) is -1.89. The summed E-state index contributed by atoms with van der Waals surface area (Å²) in [7, 11) is 0. The number of thioether (sulfide) groups is 1. The summed E-state index contributed by atoms with van der Waals surface area (Å²) in [6, 6.07) is 23.5. The summed E-state index contributed by atoms with van der Waals surface area (Å²) >= 11 is 2.27. The number of carbonyl (C=O) groups excluding carboxylic acids is 3. The maximum absolute atomic E-state index is 13.9. The molecule has 3 aromatic carbocycles. The van der Waals surface area contributed by atoms with Gasteiger partial charge in [0.25, 0.3) is 11.8 Å². The molecule has 0 atom stereocenters. The Morgan fingerprint density at radius 3 is 2.32 bits per heavy atom. The number of nitrogens with one attached hydrogen (secondary N) is 3. The van der Waals surface area contributed by atoms with E-state index in [-0.39, 0.29) is 28.7 Å². The lowest BCUT2D eigenvalue weighted by atomic mass is 10.1. The number of hydrogen-bond donors (Lipinski definition) is 3. The highest BCUT2D eigenvalue weighted by Gasteiger charge is 2.21. The Morgan fingerprint density at radius 2 is 1.58 bits per heavy atom. The number of nitriles is 1. The fourth-order valence-electron chi connectivity index (χ4n) is 3.48. The van der Waals surface area contributed by atoms with Gasteiger partial charge in [-0.25, -0.2) is 4.39 Å². The molecule has 0 saturated carbocycles. The minimum atomic E-state index is -0.617. The number of hydrogen-bond acceptors (Lipinski definition) is 6. The normalized spacial score (nSPS) is 10.3. The average Bonchev–Trinajstić information content (AvgIpc) is 3.23. The monoisotopic (exact) mass is 544 g/mol. The average molecular weight is 545 g/mol. The van der Waals surface area contributed by atoms with Crippen molar-refractivity contribution in [2.45, 2.75) is 11.8 Å². The van der Waals surface area contributed by atoms with Gasteiger partial charge in [-0.2, -0.15) is 5.26 Å². The van der Waals surface area contributed by atoms with E-state index >= 15 is 0 Å². The highest BCUT2D eigenvalue weighted by atomic mass is 32.2. The third kappa shape index (κ3) is 6.45. The number of halogens is 1. The van der Waals surface area contributed by atoms with Gasteiger partial charge in [-0.1, -0.05) is 36.4 Å². The molecule has 0 bridgehead atoms. The van der Waals surface area contributed by atoms with Gasteiger partial charge in [0.15, 0.2) is 0 Å². The van der Waals surface area contributed by atoms with Gasteiger partial charge in [-0.3, -0.25) is 14.4 Å². The predicted octanol–water partition coefficient (Wildman–Crippen LogP) is 6.30. The van der Waals surface area contributed by atoms with Crippen molar-refractivity contribution in [3.8, 4) is 6.07 Å². The van der Waals surface area contributed by atoms with Crippen molar-refractivity contribution in [2.24, 2.45) is 0 Å². The van der Waals surface area contributed by atoms with Crippen LogP contribution in [0, 0.1) is 24.1 Å². The Bertz CT molecular complexity index is 1550.